The molecule has 1 saturated heterocycles. The molecule has 2 N–H and O–H groups in total. The molecule has 0 aliphatic carbocycles. The van der Waals surface area contributed by atoms with E-state index in [4.69, 9.17) is 11.6 Å². The molecular formula is C18H16ClN3O2S. The van der Waals surface area contributed by atoms with Gasteiger partial charge in [0.2, 0.25) is 11.8 Å². The molecule has 2 amide bonds. The van der Waals surface area contributed by atoms with Crippen molar-refractivity contribution in [3.05, 3.63) is 59.1 Å². The molecule has 2 aromatic carbocycles. The highest BCUT2D eigenvalue weighted by molar-refractivity contribution is 8.15. The summed E-state index contributed by atoms with van der Waals surface area (Å²) in [4.78, 5) is 28.8. The van der Waals surface area contributed by atoms with Gasteiger partial charge in [-0.05, 0) is 31.2 Å². The van der Waals surface area contributed by atoms with E-state index in [-0.39, 0.29) is 18.2 Å². The smallest absolute Gasteiger partial charge is 0.238 e. The van der Waals surface area contributed by atoms with Crippen LogP contribution in [0, 0.1) is 6.92 Å². The summed E-state index contributed by atoms with van der Waals surface area (Å²) in [6.45, 7) is 1.99. The summed E-state index contributed by atoms with van der Waals surface area (Å²) in [7, 11) is 0. The van der Waals surface area contributed by atoms with Crippen LogP contribution in [0.5, 0.6) is 0 Å². The van der Waals surface area contributed by atoms with Crippen molar-refractivity contribution in [2.45, 2.75) is 18.6 Å². The van der Waals surface area contributed by atoms with Gasteiger partial charge in [-0.15, -0.1) is 0 Å². The Morgan fingerprint density at radius 1 is 1.24 bits per heavy atom. The van der Waals surface area contributed by atoms with Gasteiger partial charge < -0.3 is 10.6 Å². The minimum Gasteiger partial charge on any atom is -0.324 e. The number of thioether (sulfide) groups is 1. The van der Waals surface area contributed by atoms with Crippen molar-refractivity contribution >= 4 is 51.7 Å². The number of amides is 2. The van der Waals surface area contributed by atoms with Gasteiger partial charge in [-0.2, -0.15) is 0 Å². The first-order chi connectivity index (χ1) is 12.0. The predicted octanol–water partition coefficient (Wildman–Crippen LogP) is 3.90. The second-order valence-electron chi connectivity index (χ2n) is 5.58. The van der Waals surface area contributed by atoms with Crippen LogP contribution < -0.4 is 10.6 Å². The maximum atomic E-state index is 12.5. The average Bonchev–Trinajstić information content (AvgIpc) is 2.58. The van der Waals surface area contributed by atoms with Crippen molar-refractivity contribution in [2.24, 2.45) is 4.99 Å². The molecule has 0 radical (unpaired) electrons. The van der Waals surface area contributed by atoms with Gasteiger partial charge in [-0.1, -0.05) is 53.2 Å². The Bertz CT molecular complexity index is 836. The highest BCUT2D eigenvalue weighted by Crippen LogP contribution is 2.26. The Hall–Kier alpha value is -2.31. The lowest BCUT2D eigenvalue weighted by Crippen LogP contribution is -2.41. The molecule has 1 heterocycles. The van der Waals surface area contributed by atoms with E-state index in [0.717, 1.165) is 11.3 Å². The summed E-state index contributed by atoms with van der Waals surface area (Å²) in [5.41, 5.74) is 2.37. The van der Waals surface area contributed by atoms with Crippen LogP contribution in [0.2, 0.25) is 5.02 Å². The van der Waals surface area contributed by atoms with Crippen molar-refractivity contribution < 1.29 is 9.59 Å². The highest BCUT2D eigenvalue weighted by atomic mass is 35.5. The minimum atomic E-state index is -0.561. The van der Waals surface area contributed by atoms with Gasteiger partial charge in [-0.3, -0.25) is 9.59 Å². The lowest BCUT2D eigenvalue weighted by atomic mass is 10.2. The Morgan fingerprint density at radius 2 is 1.96 bits per heavy atom. The summed E-state index contributed by atoms with van der Waals surface area (Å²) < 4.78 is 0. The molecule has 7 heteroatoms. The van der Waals surface area contributed by atoms with Crippen LogP contribution in [-0.4, -0.2) is 22.2 Å². The van der Waals surface area contributed by atoms with Crippen molar-refractivity contribution in [3.63, 3.8) is 0 Å². The van der Waals surface area contributed by atoms with Gasteiger partial charge in [0.25, 0.3) is 0 Å². The van der Waals surface area contributed by atoms with Gasteiger partial charge in [0, 0.05) is 6.42 Å². The largest absolute Gasteiger partial charge is 0.324 e. The summed E-state index contributed by atoms with van der Waals surface area (Å²) in [6.07, 6.45) is 0.0911. The molecule has 2 aromatic rings. The third-order valence-corrected chi connectivity index (χ3v) is 4.97. The number of carbonyl (C=O) groups is 2. The number of hydrogen-bond acceptors (Lipinski definition) is 4. The number of halogens is 1. The van der Waals surface area contributed by atoms with Gasteiger partial charge in [0.1, 0.15) is 5.25 Å². The molecule has 3 rings (SSSR count). The zero-order valence-electron chi connectivity index (χ0n) is 13.5. The van der Waals surface area contributed by atoms with E-state index in [1.807, 2.05) is 31.2 Å². The van der Waals surface area contributed by atoms with E-state index in [0.29, 0.717) is 15.9 Å². The third-order valence-electron chi connectivity index (χ3n) is 3.56. The van der Waals surface area contributed by atoms with Crippen LogP contribution in [0.4, 0.5) is 11.4 Å². The fourth-order valence-electron chi connectivity index (χ4n) is 2.26. The fraction of sp³-hybridized carbons (Fsp3) is 0.167. The number of aryl methyl sites for hydroxylation is 1. The molecule has 0 spiro atoms. The molecule has 0 saturated carbocycles. The molecule has 5 nitrogen and oxygen atoms in total. The molecular weight excluding hydrogens is 358 g/mol. The number of benzene rings is 2. The molecule has 0 bridgehead atoms. The maximum Gasteiger partial charge on any atom is 0.238 e. The first kappa shape index (κ1) is 17.5. The number of rotatable bonds is 3. The summed E-state index contributed by atoms with van der Waals surface area (Å²) >= 11 is 7.29. The van der Waals surface area contributed by atoms with Crippen LogP contribution in [0.15, 0.2) is 53.5 Å². The van der Waals surface area contributed by atoms with Gasteiger partial charge in [-0.25, -0.2) is 4.99 Å². The van der Waals surface area contributed by atoms with Gasteiger partial charge in [0.05, 0.1) is 16.4 Å². The average molecular weight is 374 g/mol. The predicted molar refractivity (Wildman–Crippen MR) is 102 cm³/mol. The molecule has 1 fully saturated rings. The Labute approximate surface area is 154 Å². The molecule has 1 atom stereocenters. The van der Waals surface area contributed by atoms with Crippen molar-refractivity contribution in [1.82, 2.24) is 5.32 Å². The van der Waals surface area contributed by atoms with E-state index < -0.39 is 5.25 Å². The molecule has 128 valence electrons. The Kier molecular flexibility index (Phi) is 5.40. The van der Waals surface area contributed by atoms with Crippen LogP contribution in [0.1, 0.15) is 12.0 Å². The fourth-order valence-corrected chi connectivity index (χ4v) is 3.44. The molecule has 1 aliphatic rings. The first-order valence-corrected chi connectivity index (χ1v) is 8.94. The number of amidine groups is 1. The van der Waals surface area contributed by atoms with Crippen LogP contribution in [0.25, 0.3) is 0 Å². The van der Waals surface area contributed by atoms with Crippen molar-refractivity contribution in [2.75, 3.05) is 5.32 Å². The second-order valence-corrected chi connectivity index (χ2v) is 7.18. The second kappa shape index (κ2) is 7.72. The van der Waals surface area contributed by atoms with Gasteiger partial charge >= 0.3 is 0 Å². The number of para-hydroxylation sites is 1. The summed E-state index contributed by atoms with van der Waals surface area (Å²) in [6, 6.07) is 14.6. The number of aliphatic imine (C=N–C) groups is 1. The topological polar surface area (TPSA) is 70.6 Å². The normalized spacial score (nSPS) is 18.7. The van der Waals surface area contributed by atoms with Crippen molar-refractivity contribution in [3.8, 4) is 0 Å². The van der Waals surface area contributed by atoms with Crippen LogP contribution in [-0.2, 0) is 9.59 Å². The zero-order chi connectivity index (χ0) is 17.8. The van der Waals surface area contributed by atoms with Crippen LogP contribution >= 0.6 is 23.4 Å². The lowest BCUT2D eigenvalue weighted by molar-refractivity contribution is -0.123. The summed E-state index contributed by atoms with van der Waals surface area (Å²) in [5.74, 6) is -0.506. The van der Waals surface area contributed by atoms with E-state index >= 15 is 0 Å². The monoisotopic (exact) mass is 373 g/mol. The molecule has 1 unspecified atom stereocenters. The Morgan fingerprint density at radius 3 is 2.68 bits per heavy atom. The molecule has 1 aliphatic heterocycles. The van der Waals surface area contributed by atoms with E-state index in [1.54, 1.807) is 24.3 Å². The van der Waals surface area contributed by atoms with Gasteiger partial charge in [0.15, 0.2) is 5.17 Å². The van der Waals surface area contributed by atoms with E-state index in [9.17, 15) is 9.59 Å². The third kappa shape index (κ3) is 4.61. The van der Waals surface area contributed by atoms with Crippen molar-refractivity contribution in [1.29, 1.82) is 0 Å². The lowest BCUT2D eigenvalue weighted by Gasteiger charge is -2.22. The van der Waals surface area contributed by atoms with Crippen LogP contribution in [0.3, 0.4) is 0 Å². The zero-order valence-corrected chi connectivity index (χ0v) is 15.0. The van der Waals surface area contributed by atoms with E-state index in [1.165, 1.54) is 11.8 Å². The Balaban J connectivity index is 1.74. The highest BCUT2D eigenvalue weighted by Gasteiger charge is 2.30. The van der Waals surface area contributed by atoms with E-state index in [2.05, 4.69) is 15.6 Å². The number of nitrogens with one attached hydrogen (secondary N) is 2. The quantitative estimate of drug-likeness (QED) is 0.857. The minimum absolute atomic E-state index is 0.0911. The summed E-state index contributed by atoms with van der Waals surface area (Å²) in [5, 5.41) is 5.78. The SMILES string of the molecule is Cc1ccc(N=C2NC(=O)CC(C(=O)Nc3ccccc3Cl)S2)cc1. The number of carbonyl (C=O) groups excluding carboxylic acids is 2. The number of hydrogen-bond donors (Lipinski definition) is 2. The standard InChI is InChI=1S/C18H16ClN3O2S/c1-11-6-8-12(9-7-11)20-18-22-16(23)10-15(25-18)17(24)21-14-5-3-2-4-13(14)19/h2-9,15H,10H2,1H3,(H,21,24)(H,20,22,23). The first-order valence-electron chi connectivity index (χ1n) is 7.68. The number of nitrogens with zero attached hydrogens (tertiary/aromatic N) is 1. The molecule has 0 aromatic heterocycles. The molecule has 25 heavy (non-hydrogen) atoms. The maximum absolute atomic E-state index is 12.5. The number of anilines is 1.